The molecule has 242 valence electrons. The number of amides is 4. The SMILES string of the molecule is CCCCN(C(=O)CN1C[C@H](c2cc(OC)c3c(c2)OCO3)C(C(=O)O)[C@@H]1CCN1CCC(=O)N(C)C1=O)c1ccc[n+](C)c1. The van der Waals surface area contributed by atoms with Crippen LogP contribution >= 0.6 is 0 Å². The van der Waals surface area contributed by atoms with Gasteiger partial charge in [0.2, 0.25) is 24.4 Å². The number of ether oxygens (including phenoxy) is 3. The number of imide groups is 1. The van der Waals surface area contributed by atoms with Crippen LogP contribution in [-0.2, 0) is 21.4 Å². The molecule has 0 radical (unpaired) electrons. The molecule has 3 atom stereocenters. The molecule has 0 aliphatic carbocycles. The number of urea groups is 1. The lowest BCUT2D eigenvalue weighted by molar-refractivity contribution is -0.670. The van der Waals surface area contributed by atoms with Gasteiger partial charge in [0, 0.05) is 57.7 Å². The van der Waals surface area contributed by atoms with Crippen LogP contribution in [0.2, 0.25) is 0 Å². The van der Waals surface area contributed by atoms with Crippen molar-refractivity contribution in [2.75, 3.05) is 58.6 Å². The van der Waals surface area contributed by atoms with Crippen LogP contribution < -0.4 is 23.7 Å². The number of aryl methyl sites for hydroxylation is 1. The van der Waals surface area contributed by atoms with Crippen molar-refractivity contribution in [1.82, 2.24) is 14.7 Å². The lowest BCUT2D eigenvalue weighted by Crippen LogP contribution is -2.52. The average molecular weight is 625 g/mol. The third-order valence-electron chi connectivity index (χ3n) is 8.97. The van der Waals surface area contributed by atoms with E-state index in [0.29, 0.717) is 42.3 Å². The Morgan fingerprint density at radius 2 is 2.02 bits per heavy atom. The first-order valence-corrected chi connectivity index (χ1v) is 15.4. The summed E-state index contributed by atoms with van der Waals surface area (Å²) >= 11 is 0. The molecule has 0 bridgehead atoms. The second kappa shape index (κ2) is 13.7. The summed E-state index contributed by atoms with van der Waals surface area (Å²) in [5.74, 6) is -1.35. The van der Waals surface area contributed by atoms with Crippen molar-refractivity contribution in [2.45, 2.75) is 44.6 Å². The van der Waals surface area contributed by atoms with E-state index in [1.165, 1.54) is 14.2 Å². The van der Waals surface area contributed by atoms with Gasteiger partial charge in [0.05, 0.1) is 19.6 Å². The fourth-order valence-electron chi connectivity index (χ4n) is 6.57. The number of aliphatic carboxylic acids is 1. The van der Waals surface area contributed by atoms with Gasteiger partial charge < -0.3 is 29.1 Å². The van der Waals surface area contributed by atoms with Crippen LogP contribution in [0.25, 0.3) is 0 Å². The van der Waals surface area contributed by atoms with Gasteiger partial charge in [-0.1, -0.05) is 13.3 Å². The lowest BCUT2D eigenvalue weighted by Gasteiger charge is -2.34. The average Bonchev–Trinajstić information content (AvgIpc) is 3.64. The Balaban J connectivity index is 1.46. The molecular formula is C32H42N5O8+. The zero-order chi connectivity index (χ0) is 32.2. The topological polar surface area (TPSA) is 133 Å². The van der Waals surface area contributed by atoms with Gasteiger partial charge in [0.25, 0.3) is 0 Å². The van der Waals surface area contributed by atoms with Crippen molar-refractivity contribution in [3.8, 4) is 17.2 Å². The maximum absolute atomic E-state index is 14.0. The van der Waals surface area contributed by atoms with Crippen LogP contribution in [0.4, 0.5) is 10.5 Å². The molecule has 3 aliphatic heterocycles. The molecule has 45 heavy (non-hydrogen) atoms. The maximum Gasteiger partial charge on any atom is 0.326 e. The number of aromatic nitrogens is 1. The summed E-state index contributed by atoms with van der Waals surface area (Å²) in [5, 5.41) is 10.6. The zero-order valence-corrected chi connectivity index (χ0v) is 26.3. The number of anilines is 1. The Morgan fingerprint density at radius 3 is 2.73 bits per heavy atom. The van der Waals surface area contributed by atoms with Crippen LogP contribution in [0, 0.1) is 5.92 Å². The predicted molar refractivity (Wildman–Crippen MR) is 162 cm³/mol. The summed E-state index contributed by atoms with van der Waals surface area (Å²) < 4.78 is 18.6. The fraction of sp³-hybridized carbons (Fsp3) is 0.531. The molecule has 0 spiro atoms. The van der Waals surface area contributed by atoms with Gasteiger partial charge >= 0.3 is 12.0 Å². The Bertz CT molecular complexity index is 1450. The van der Waals surface area contributed by atoms with E-state index in [0.717, 1.165) is 23.4 Å². The molecule has 4 amide bonds. The number of likely N-dealkylation sites (tertiary alicyclic amines) is 1. The van der Waals surface area contributed by atoms with E-state index in [9.17, 15) is 24.3 Å². The molecule has 2 saturated heterocycles. The zero-order valence-electron chi connectivity index (χ0n) is 26.3. The summed E-state index contributed by atoms with van der Waals surface area (Å²) in [7, 11) is 4.87. The standard InChI is InChI=1S/C32H41N5O8/c1-5-6-12-37(22-8-7-11-33(2)17-22)28(39)19-36-18-23(21-15-25(43-4)30-26(16-21)44-20-45-30)29(31(40)41)24(36)9-13-35-14-10-27(38)34(3)32(35)42/h7-8,11,15-17,23-24,29H,5-6,9-10,12-14,18-20H2,1-4H3/p+1/t23-,24+,29?/m1/s1. The van der Waals surface area contributed by atoms with Crippen LogP contribution in [0.3, 0.4) is 0 Å². The third-order valence-corrected chi connectivity index (χ3v) is 8.97. The van der Waals surface area contributed by atoms with Gasteiger partial charge in [-0.15, -0.1) is 0 Å². The maximum atomic E-state index is 14.0. The number of carbonyl (C=O) groups is 4. The highest BCUT2D eigenvalue weighted by Crippen LogP contribution is 2.47. The number of hydrogen-bond donors (Lipinski definition) is 1. The lowest BCUT2D eigenvalue weighted by atomic mass is 9.84. The minimum atomic E-state index is -0.994. The molecule has 13 nitrogen and oxygen atoms in total. The number of carboxylic acids is 1. The molecule has 4 heterocycles. The number of fused-ring (bicyclic) bond motifs is 1. The monoisotopic (exact) mass is 624 g/mol. The molecule has 1 aromatic heterocycles. The smallest absolute Gasteiger partial charge is 0.326 e. The van der Waals surface area contributed by atoms with Gasteiger partial charge in [0.15, 0.2) is 23.9 Å². The first-order chi connectivity index (χ1) is 21.6. The van der Waals surface area contributed by atoms with E-state index in [2.05, 4.69) is 6.92 Å². The summed E-state index contributed by atoms with van der Waals surface area (Å²) in [6, 6.07) is 6.39. The number of unbranched alkanes of at least 4 members (excludes halogenated alkanes) is 1. The van der Waals surface area contributed by atoms with E-state index < -0.39 is 29.9 Å². The molecule has 1 N–H and O–H groups in total. The second-order valence-electron chi connectivity index (χ2n) is 11.8. The van der Waals surface area contributed by atoms with Gasteiger partial charge in [0.1, 0.15) is 12.7 Å². The van der Waals surface area contributed by atoms with Crippen molar-refractivity contribution in [3.05, 3.63) is 42.2 Å². The second-order valence-corrected chi connectivity index (χ2v) is 11.8. The minimum absolute atomic E-state index is 0.00128. The number of rotatable bonds is 12. The molecule has 2 fully saturated rings. The van der Waals surface area contributed by atoms with Gasteiger partial charge in [-0.2, -0.15) is 0 Å². The molecule has 0 saturated carbocycles. The van der Waals surface area contributed by atoms with Crippen molar-refractivity contribution in [3.63, 3.8) is 0 Å². The summed E-state index contributed by atoms with van der Waals surface area (Å²) in [6.45, 7) is 3.46. The van der Waals surface area contributed by atoms with Crippen LogP contribution in [-0.4, -0.2) is 103 Å². The predicted octanol–water partition coefficient (Wildman–Crippen LogP) is 2.22. The Kier molecular flexibility index (Phi) is 9.76. The number of nitrogens with zero attached hydrogens (tertiary/aromatic N) is 5. The summed E-state index contributed by atoms with van der Waals surface area (Å²) in [4.78, 5) is 58.3. The number of benzene rings is 1. The number of carboxylic acid groups (broad SMARTS) is 1. The Morgan fingerprint density at radius 1 is 1.22 bits per heavy atom. The summed E-state index contributed by atoms with van der Waals surface area (Å²) in [6.07, 6.45) is 6.04. The molecular weight excluding hydrogens is 582 g/mol. The molecule has 2 aromatic rings. The quantitative estimate of drug-likeness (QED) is 0.353. The first kappa shape index (κ1) is 32.0. The van der Waals surface area contributed by atoms with Crippen LogP contribution in [0.1, 0.15) is 44.1 Å². The molecule has 1 aromatic carbocycles. The number of carbonyl (C=O) groups excluding carboxylic acids is 3. The first-order valence-electron chi connectivity index (χ1n) is 15.4. The van der Waals surface area contributed by atoms with E-state index in [4.69, 9.17) is 14.2 Å². The highest BCUT2D eigenvalue weighted by atomic mass is 16.7. The number of hydrogen-bond acceptors (Lipinski definition) is 8. The van der Waals surface area contributed by atoms with Gasteiger partial charge in [-0.05, 0) is 36.6 Å². The largest absolute Gasteiger partial charge is 0.493 e. The fourth-order valence-corrected chi connectivity index (χ4v) is 6.57. The van der Waals surface area contributed by atoms with Gasteiger partial charge in [-0.25, -0.2) is 9.36 Å². The van der Waals surface area contributed by atoms with E-state index in [-0.39, 0.29) is 44.7 Å². The normalized spacial score (nSPS) is 21.4. The van der Waals surface area contributed by atoms with Crippen molar-refractivity contribution in [2.24, 2.45) is 13.0 Å². The highest BCUT2D eigenvalue weighted by Gasteiger charge is 2.48. The molecule has 13 heteroatoms. The Labute approximate surface area is 262 Å². The van der Waals surface area contributed by atoms with Crippen molar-refractivity contribution in [1.29, 1.82) is 0 Å². The molecule has 5 rings (SSSR count). The van der Waals surface area contributed by atoms with Crippen LogP contribution in [0.5, 0.6) is 17.2 Å². The van der Waals surface area contributed by atoms with Gasteiger partial charge in [-0.3, -0.25) is 24.2 Å². The Hall–Kier alpha value is -4.39. The number of pyridine rings is 1. The van der Waals surface area contributed by atoms with Crippen molar-refractivity contribution >= 4 is 29.5 Å². The van der Waals surface area contributed by atoms with E-state index >= 15 is 0 Å². The molecule has 1 unspecified atom stereocenters. The minimum Gasteiger partial charge on any atom is -0.493 e. The third kappa shape index (κ3) is 6.68. The van der Waals surface area contributed by atoms with Crippen molar-refractivity contribution < 1.29 is 43.1 Å². The summed E-state index contributed by atoms with van der Waals surface area (Å²) in [5.41, 5.74) is 1.48. The highest BCUT2D eigenvalue weighted by molar-refractivity contribution is 5.96. The number of methoxy groups -OCH3 is 1. The van der Waals surface area contributed by atoms with E-state index in [1.54, 1.807) is 21.9 Å². The molecule has 3 aliphatic rings. The van der Waals surface area contributed by atoms with E-state index in [1.807, 2.05) is 41.0 Å². The van der Waals surface area contributed by atoms with Crippen LogP contribution in [0.15, 0.2) is 36.7 Å².